The predicted octanol–water partition coefficient (Wildman–Crippen LogP) is 4.10. The molecule has 0 fully saturated rings. The Balaban J connectivity index is 2.13. The van der Waals surface area contributed by atoms with Gasteiger partial charge >= 0.3 is 0 Å². The first-order valence-electron chi connectivity index (χ1n) is 7.15. The van der Waals surface area contributed by atoms with Crippen LogP contribution in [0.1, 0.15) is 35.7 Å². The molecule has 2 aromatic carbocycles. The van der Waals surface area contributed by atoms with Gasteiger partial charge in [-0.3, -0.25) is 4.79 Å². The summed E-state index contributed by atoms with van der Waals surface area (Å²) in [7, 11) is 0. The zero-order chi connectivity index (χ0) is 16.8. The van der Waals surface area contributed by atoms with E-state index in [9.17, 15) is 18.4 Å². The van der Waals surface area contributed by atoms with Crippen molar-refractivity contribution in [3.63, 3.8) is 0 Å². The number of benzene rings is 2. The quantitative estimate of drug-likeness (QED) is 0.722. The van der Waals surface area contributed by atoms with Crippen molar-refractivity contribution in [2.45, 2.75) is 26.4 Å². The second-order valence-corrected chi connectivity index (χ2v) is 5.18. The van der Waals surface area contributed by atoms with Gasteiger partial charge in [0.15, 0.2) is 5.78 Å². The van der Waals surface area contributed by atoms with E-state index in [1.807, 2.05) is 0 Å². The number of hydrogen-bond donors (Lipinski definition) is 0. The summed E-state index contributed by atoms with van der Waals surface area (Å²) in [5.41, 5.74) is 0.924. The molecule has 0 aliphatic carbocycles. The highest BCUT2D eigenvalue weighted by Gasteiger charge is 2.14. The number of carbonyl (C=O) groups is 2. The summed E-state index contributed by atoms with van der Waals surface area (Å²) in [5.74, 6) is -1.15. The van der Waals surface area contributed by atoms with Crippen molar-refractivity contribution in [3.05, 3.63) is 65.2 Å². The molecule has 0 aliphatic rings. The van der Waals surface area contributed by atoms with Gasteiger partial charge in [-0.15, -0.1) is 0 Å². The molecule has 0 N–H and O–H groups in total. The average Bonchev–Trinajstić information content (AvgIpc) is 2.52. The van der Waals surface area contributed by atoms with Gasteiger partial charge < -0.3 is 9.53 Å². The van der Waals surface area contributed by atoms with E-state index in [-0.39, 0.29) is 48.1 Å². The van der Waals surface area contributed by atoms with Gasteiger partial charge in [-0.2, -0.15) is 0 Å². The first kappa shape index (κ1) is 16.8. The smallest absolute Gasteiger partial charge is 0.167 e. The van der Waals surface area contributed by atoms with Crippen LogP contribution in [0.15, 0.2) is 42.5 Å². The van der Waals surface area contributed by atoms with E-state index in [0.717, 1.165) is 6.07 Å². The fourth-order valence-electron chi connectivity index (χ4n) is 2.01. The number of ether oxygens (including phenoxy) is 1. The van der Waals surface area contributed by atoms with Crippen LogP contribution in [0.5, 0.6) is 5.75 Å². The second-order valence-electron chi connectivity index (χ2n) is 5.18. The number of hydrogen-bond acceptors (Lipinski definition) is 3. The molecular weight excluding hydrogens is 302 g/mol. The topological polar surface area (TPSA) is 43.4 Å². The average molecular weight is 318 g/mol. The largest absolute Gasteiger partial charge is 0.488 e. The Kier molecular flexibility index (Phi) is 5.57. The maximum absolute atomic E-state index is 13.4. The SMILES string of the molecule is CC(=O)CCC(=O)c1ccc(F)cc1OCc1ccc(F)cc1. The highest BCUT2D eigenvalue weighted by Crippen LogP contribution is 2.23. The fourth-order valence-corrected chi connectivity index (χ4v) is 2.01. The molecule has 0 spiro atoms. The molecular formula is C18H16F2O3. The lowest BCUT2D eigenvalue weighted by Crippen LogP contribution is -2.06. The first-order chi connectivity index (χ1) is 11.0. The monoisotopic (exact) mass is 318 g/mol. The molecule has 0 unspecified atom stereocenters. The normalized spacial score (nSPS) is 10.4. The minimum Gasteiger partial charge on any atom is -0.488 e. The minimum absolute atomic E-state index is 0.0495. The van der Waals surface area contributed by atoms with Crippen molar-refractivity contribution in [1.82, 2.24) is 0 Å². The maximum Gasteiger partial charge on any atom is 0.167 e. The molecule has 23 heavy (non-hydrogen) atoms. The van der Waals surface area contributed by atoms with Crippen LogP contribution in [0, 0.1) is 11.6 Å². The Morgan fingerprint density at radius 2 is 1.61 bits per heavy atom. The third-order valence-electron chi connectivity index (χ3n) is 3.26. The minimum atomic E-state index is -0.526. The zero-order valence-corrected chi connectivity index (χ0v) is 12.6. The van der Waals surface area contributed by atoms with Crippen molar-refractivity contribution in [2.24, 2.45) is 0 Å². The number of rotatable bonds is 7. The van der Waals surface area contributed by atoms with Gasteiger partial charge in [0.2, 0.25) is 0 Å². The maximum atomic E-state index is 13.4. The van der Waals surface area contributed by atoms with Crippen LogP contribution in [0.25, 0.3) is 0 Å². The van der Waals surface area contributed by atoms with Crippen LogP contribution in [-0.2, 0) is 11.4 Å². The molecule has 0 saturated heterocycles. The molecule has 120 valence electrons. The summed E-state index contributed by atoms with van der Waals surface area (Å²) in [4.78, 5) is 23.1. The van der Waals surface area contributed by atoms with Crippen LogP contribution in [0.4, 0.5) is 8.78 Å². The number of Topliss-reactive ketones (excluding diaryl/α,β-unsaturated/α-hetero) is 2. The van der Waals surface area contributed by atoms with Crippen LogP contribution in [-0.4, -0.2) is 11.6 Å². The molecule has 5 heteroatoms. The Morgan fingerprint density at radius 3 is 2.26 bits per heavy atom. The van der Waals surface area contributed by atoms with Gasteiger partial charge in [-0.05, 0) is 36.8 Å². The molecule has 0 bridgehead atoms. The second kappa shape index (κ2) is 7.63. The van der Waals surface area contributed by atoms with Crippen LogP contribution in [0.2, 0.25) is 0 Å². The van der Waals surface area contributed by atoms with E-state index in [0.29, 0.717) is 5.56 Å². The van der Waals surface area contributed by atoms with E-state index in [4.69, 9.17) is 4.74 Å². The molecule has 3 nitrogen and oxygen atoms in total. The molecule has 0 aromatic heterocycles. The molecule has 0 heterocycles. The van der Waals surface area contributed by atoms with E-state index in [2.05, 4.69) is 0 Å². The molecule has 0 aliphatic heterocycles. The third-order valence-corrected chi connectivity index (χ3v) is 3.26. The van der Waals surface area contributed by atoms with Crippen molar-refractivity contribution in [1.29, 1.82) is 0 Å². The van der Waals surface area contributed by atoms with E-state index in [1.54, 1.807) is 12.1 Å². The van der Waals surface area contributed by atoms with E-state index >= 15 is 0 Å². The summed E-state index contributed by atoms with van der Waals surface area (Å²) in [6.45, 7) is 1.49. The van der Waals surface area contributed by atoms with Crippen LogP contribution < -0.4 is 4.74 Å². The Labute approximate surface area is 132 Å². The van der Waals surface area contributed by atoms with Gasteiger partial charge in [0, 0.05) is 18.9 Å². The third kappa shape index (κ3) is 4.98. The van der Waals surface area contributed by atoms with Crippen molar-refractivity contribution in [3.8, 4) is 5.75 Å². The number of ketones is 2. The summed E-state index contributed by atoms with van der Waals surface area (Å²) in [6, 6.07) is 9.33. The molecule has 0 saturated carbocycles. The molecule has 0 radical (unpaired) electrons. The number of carbonyl (C=O) groups excluding carboxylic acids is 2. The highest BCUT2D eigenvalue weighted by atomic mass is 19.1. The number of halogens is 2. The van der Waals surface area contributed by atoms with Gasteiger partial charge in [0.1, 0.15) is 29.8 Å². The van der Waals surface area contributed by atoms with Crippen molar-refractivity contribution in [2.75, 3.05) is 0 Å². The van der Waals surface area contributed by atoms with E-state index < -0.39 is 5.82 Å². The molecule has 2 rings (SSSR count). The van der Waals surface area contributed by atoms with Gasteiger partial charge in [0.05, 0.1) is 5.56 Å². The van der Waals surface area contributed by atoms with Crippen LogP contribution in [0.3, 0.4) is 0 Å². The molecule has 0 amide bonds. The molecule has 2 aromatic rings. The Hall–Kier alpha value is -2.56. The van der Waals surface area contributed by atoms with Gasteiger partial charge in [-0.25, -0.2) is 8.78 Å². The standard InChI is InChI=1S/C18H16F2O3/c1-12(21)2-9-17(22)16-8-7-15(20)10-18(16)23-11-13-3-5-14(19)6-4-13/h3-8,10H,2,9,11H2,1H3. The summed E-state index contributed by atoms with van der Waals surface area (Å²) < 4.78 is 31.8. The lowest BCUT2D eigenvalue weighted by Gasteiger charge is -2.11. The first-order valence-corrected chi connectivity index (χ1v) is 7.15. The Bertz CT molecular complexity index is 709. The predicted molar refractivity (Wildman–Crippen MR) is 81.4 cm³/mol. The van der Waals surface area contributed by atoms with Crippen molar-refractivity contribution >= 4 is 11.6 Å². The lowest BCUT2D eigenvalue weighted by atomic mass is 10.0. The van der Waals surface area contributed by atoms with E-state index in [1.165, 1.54) is 31.2 Å². The van der Waals surface area contributed by atoms with Gasteiger partial charge in [-0.1, -0.05) is 12.1 Å². The van der Waals surface area contributed by atoms with Gasteiger partial charge in [0.25, 0.3) is 0 Å². The lowest BCUT2D eigenvalue weighted by molar-refractivity contribution is -0.116. The summed E-state index contributed by atoms with van der Waals surface area (Å²) in [5, 5.41) is 0. The highest BCUT2D eigenvalue weighted by molar-refractivity contribution is 6.00. The van der Waals surface area contributed by atoms with Crippen molar-refractivity contribution < 1.29 is 23.1 Å². The summed E-state index contributed by atoms with van der Waals surface area (Å²) in [6.07, 6.45) is 0.182. The Morgan fingerprint density at radius 1 is 0.957 bits per heavy atom. The van der Waals surface area contributed by atoms with Crippen LogP contribution >= 0.6 is 0 Å². The molecule has 0 atom stereocenters. The summed E-state index contributed by atoms with van der Waals surface area (Å²) >= 11 is 0. The fraction of sp³-hybridized carbons (Fsp3) is 0.222. The zero-order valence-electron chi connectivity index (χ0n) is 12.6.